The van der Waals surface area contributed by atoms with Crippen molar-refractivity contribution in [3.05, 3.63) is 49.9 Å². The molecule has 0 saturated heterocycles. The summed E-state index contributed by atoms with van der Waals surface area (Å²) < 4.78 is 0.940. The number of carbonyl (C=O) groups excluding carboxylic acids is 2. The second kappa shape index (κ2) is 8.28. The Kier molecular flexibility index (Phi) is 6.50. The molecule has 0 aliphatic heterocycles. The SMILES string of the molecule is CSc1nnc(C(C)(C)C)c(=O)n1NC(=O)NC(=O)c1c(Cl)cccc1Cl. The molecule has 0 saturated carbocycles. The molecule has 0 aliphatic rings. The Labute approximate surface area is 169 Å². The Balaban J connectivity index is 2.30. The van der Waals surface area contributed by atoms with E-state index < -0.39 is 22.9 Å². The van der Waals surface area contributed by atoms with Crippen LogP contribution in [0.3, 0.4) is 0 Å². The van der Waals surface area contributed by atoms with Crippen molar-refractivity contribution >= 4 is 46.9 Å². The van der Waals surface area contributed by atoms with Gasteiger partial charge in [-0.3, -0.25) is 14.9 Å². The number of hydrogen-bond acceptors (Lipinski definition) is 6. The molecule has 0 unspecified atom stereocenters. The van der Waals surface area contributed by atoms with Gasteiger partial charge in [-0.15, -0.1) is 10.2 Å². The van der Waals surface area contributed by atoms with Crippen LogP contribution in [0.15, 0.2) is 28.2 Å². The summed E-state index contributed by atoms with van der Waals surface area (Å²) in [5, 5.41) is 10.3. The third-order valence-corrected chi connectivity index (χ3v) is 4.62. The van der Waals surface area contributed by atoms with E-state index >= 15 is 0 Å². The summed E-state index contributed by atoms with van der Waals surface area (Å²) >= 11 is 13.0. The number of amides is 3. The molecule has 0 bridgehead atoms. The Morgan fingerprint density at radius 3 is 2.26 bits per heavy atom. The van der Waals surface area contributed by atoms with Crippen LogP contribution in [0.2, 0.25) is 10.0 Å². The lowest BCUT2D eigenvalue weighted by Crippen LogP contribution is -2.45. The number of thioether (sulfide) groups is 1. The predicted molar refractivity (Wildman–Crippen MR) is 105 cm³/mol. The molecule has 0 spiro atoms. The Bertz CT molecular complexity index is 936. The van der Waals surface area contributed by atoms with Gasteiger partial charge in [0.2, 0.25) is 5.16 Å². The number of carbonyl (C=O) groups is 2. The molecular formula is C16H17Cl2N5O3S. The van der Waals surface area contributed by atoms with Crippen LogP contribution >= 0.6 is 35.0 Å². The maximum atomic E-state index is 12.7. The normalized spacial score (nSPS) is 11.2. The topological polar surface area (TPSA) is 106 Å². The summed E-state index contributed by atoms with van der Waals surface area (Å²) in [5.41, 5.74) is 1.31. The van der Waals surface area contributed by atoms with E-state index in [0.29, 0.717) is 0 Å². The van der Waals surface area contributed by atoms with Crippen LogP contribution in [0.4, 0.5) is 4.79 Å². The third kappa shape index (κ3) is 4.79. The first-order valence-electron chi connectivity index (χ1n) is 7.66. The third-order valence-electron chi connectivity index (χ3n) is 3.36. The number of nitrogens with zero attached hydrogens (tertiary/aromatic N) is 3. The summed E-state index contributed by atoms with van der Waals surface area (Å²) in [4.78, 5) is 37.2. The molecular weight excluding hydrogens is 413 g/mol. The second-order valence-electron chi connectivity index (χ2n) is 6.42. The van der Waals surface area contributed by atoms with Crippen LogP contribution < -0.4 is 16.3 Å². The highest BCUT2D eigenvalue weighted by atomic mass is 35.5. The van der Waals surface area contributed by atoms with Crippen molar-refractivity contribution in [3.63, 3.8) is 0 Å². The van der Waals surface area contributed by atoms with Crippen LogP contribution in [0.25, 0.3) is 0 Å². The molecule has 1 aromatic carbocycles. The number of urea groups is 1. The second-order valence-corrected chi connectivity index (χ2v) is 8.01. The van der Waals surface area contributed by atoms with Gasteiger partial charge < -0.3 is 0 Å². The Morgan fingerprint density at radius 1 is 1.15 bits per heavy atom. The molecule has 0 atom stereocenters. The van der Waals surface area contributed by atoms with Gasteiger partial charge in [-0.1, -0.05) is 61.8 Å². The van der Waals surface area contributed by atoms with Crippen molar-refractivity contribution in [3.8, 4) is 0 Å². The summed E-state index contributed by atoms with van der Waals surface area (Å²) in [6, 6.07) is 3.57. The van der Waals surface area contributed by atoms with Crippen LogP contribution in [-0.4, -0.2) is 33.1 Å². The maximum Gasteiger partial charge on any atom is 0.340 e. The monoisotopic (exact) mass is 429 g/mol. The van der Waals surface area contributed by atoms with Gasteiger partial charge >= 0.3 is 6.03 Å². The van der Waals surface area contributed by atoms with Crippen LogP contribution in [0.5, 0.6) is 0 Å². The summed E-state index contributed by atoms with van der Waals surface area (Å²) in [6.45, 7) is 5.39. The van der Waals surface area contributed by atoms with E-state index in [1.165, 1.54) is 12.1 Å². The lowest BCUT2D eigenvalue weighted by Gasteiger charge is -2.19. The van der Waals surface area contributed by atoms with E-state index in [0.717, 1.165) is 16.4 Å². The van der Waals surface area contributed by atoms with Crippen LogP contribution in [0.1, 0.15) is 36.8 Å². The van der Waals surface area contributed by atoms with Crippen molar-refractivity contribution in [1.29, 1.82) is 0 Å². The number of aromatic nitrogens is 3. The lowest BCUT2D eigenvalue weighted by molar-refractivity contribution is 0.0966. The average molecular weight is 430 g/mol. The molecule has 0 aliphatic carbocycles. The van der Waals surface area contributed by atoms with Crippen molar-refractivity contribution < 1.29 is 9.59 Å². The summed E-state index contributed by atoms with van der Waals surface area (Å²) in [7, 11) is 0. The molecule has 2 aromatic rings. The van der Waals surface area contributed by atoms with E-state index in [1.54, 1.807) is 33.1 Å². The zero-order chi connectivity index (χ0) is 20.4. The zero-order valence-electron chi connectivity index (χ0n) is 15.0. The molecule has 27 heavy (non-hydrogen) atoms. The molecule has 0 radical (unpaired) electrons. The summed E-state index contributed by atoms with van der Waals surface area (Å²) in [5.74, 6) is -0.806. The van der Waals surface area contributed by atoms with Gasteiger partial charge in [-0.2, -0.15) is 4.68 Å². The largest absolute Gasteiger partial charge is 0.340 e. The van der Waals surface area contributed by atoms with E-state index in [1.807, 2.05) is 0 Å². The predicted octanol–water partition coefficient (Wildman–Crippen LogP) is 3.06. The maximum absolute atomic E-state index is 12.7. The van der Waals surface area contributed by atoms with Crippen LogP contribution in [-0.2, 0) is 5.41 Å². The van der Waals surface area contributed by atoms with Gasteiger partial charge in [0.25, 0.3) is 11.5 Å². The first kappa shape index (κ1) is 21.2. The van der Waals surface area contributed by atoms with Gasteiger partial charge in [0.15, 0.2) is 0 Å². The standard InChI is InChI=1S/C16H17Cl2N5O3S/c1-16(2,3)11-13(25)23(15(27-4)21-20-11)22-14(26)19-12(24)10-8(17)6-5-7-9(10)18/h5-7H,1-4H3,(H2,19,22,24,26). The molecule has 2 N–H and O–H groups in total. The zero-order valence-corrected chi connectivity index (χ0v) is 17.3. The fourth-order valence-electron chi connectivity index (χ4n) is 2.08. The fourth-order valence-corrected chi connectivity index (χ4v) is 3.09. The lowest BCUT2D eigenvalue weighted by atomic mass is 9.93. The first-order valence-corrected chi connectivity index (χ1v) is 9.65. The van der Waals surface area contributed by atoms with Gasteiger partial charge in [-0.25, -0.2) is 10.2 Å². The van der Waals surface area contributed by atoms with E-state index in [4.69, 9.17) is 23.2 Å². The van der Waals surface area contributed by atoms with Gasteiger partial charge in [0.1, 0.15) is 5.69 Å². The minimum Gasteiger partial charge on any atom is -0.272 e. The number of rotatable bonds is 3. The summed E-state index contributed by atoms with van der Waals surface area (Å²) in [6.07, 6.45) is 1.67. The number of hydrogen-bond donors (Lipinski definition) is 2. The Hall–Kier alpha value is -2.10. The quantitative estimate of drug-likeness (QED) is 0.726. The highest BCUT2D eigenvalue weighted by Crippen LogP contribution is 2.24. The molecule has 144 valence electrons. The van der Waals surface area contributed by atoms with Gasteiger partial charge in [0.05, 0.1) is 15.6 Å². The Morgan fingerprint density at radius 2 is 1.74 bits per heavy atom. The van der Waals surface area contributed by atoms with Gasteiger partial charge in [-0.05, 0) is 18.4 Å². The van der Waals surface area contributed by atoms with Gasteiger partial charge in [0, 0.05) is 5.41 Å². The van der Waals surface area contributed by atoms with E-state index in [-0.39, 0.29) is 26.5 Å². The smallest absolute Gasteiger partial charge is 0.272 e. The molecule has 11 heteroatoms. The van der Waals surface area contributed by atoms with E-state index in [2.05, 4.69) is 20.9 Å². The number of nitrogens with one attached hydrogen (secondary N) is 2. The van der Waals surface area contributed by atoms with Crippen LogP contribution in [0, 0.1) is 0 Å². The number of halogens is 2. The average Bonchev–Trinajstić information content (AvgIpc) is 2.55. The van der Waals surface area contributed by atoms with Crippen molar-refractivity contribution in [2.45, 2.75) is 31.3 Å². The minimum atomic E-state index is -0.943. The molecule has 2 rings (SSSR count). The van der Waals surface area contributed by atoms with Crippen molar-refractivity contribution in [2.24, 2.45) is 0 Å². The molecule has 1 heterocycles. The van der Waals surface area contributed by atoms with E-state index in [9.17, 15) is 14.4 Å². The highest BCUT2D eigenvalue weighted by Gasteiger charge is 2.24. The molecule has 0 fully saturated rings. The van der Waals surface area contributed by atoms with Crippen molar-refractivity contribution in [1.82, 2.24) is 20.2 Å². The minimum absolute atomic E-state index is 0.0448. The molecule has 3 amide bonds. The molecule has 1 aromatic heterocycles. The highest BCUT2D eigenvalue weighted by molar-refractivity contribution is 7.98. The number of benzene rings is 1. The first-order chi connectivity index (χ1) is 12.6. The number of imide groups is 1. The van der Waals surface area contributed by atoms with Crippen molar-refractivity contribution in [2.75, 3.05) is 11.7 Å². The fraction of sp³-hybridized carbons (Fsp3) is 0.312. The molecule has 8 nitrogen and oxygen atoms in total.